The summed E-state index contributed by atoms with van der Waals surface area (Å²) in [5.74, 6) is -0.154. The molecular formula is C13H20ClFN2O2. The quantitative estimate of drug-likeness (QED) is 0.874. The van der Waals surface area contributed by atoms with Gasteiger partial charge in [0.2, 0.25) is 0 Å². The van der Waals surface area contributed by atoms with Crippen LogP contribution in [0.1, 0.15) is 11.6 Å². The molecule has 0 aromatic heterocycles. The summed E-state index contributed by atoms with van der Waals surface area (Å²) in [6, 6.07) is 4.75. The van der Waals surface area contributed by atoms with E-state index in [2.05, 4.69) is 10.2 Å². The van der Waals surface area contributed by atoms with Crippen LogP contribution in [0.15, 0.2) is 18.2 Å². The van der Waals surface area contributed by atoms with Crippen molar-refractivity contribution >= 4 is 12.4 Å². The molecule has 0 spiro atoms. The fourth-order valence-corrected chi connectivity index (χ4v) is 2.35. The van der Waals surface area contributed by atoms with Gasteiger partial charge in [-0.05, 0) is 6.07 Å². The van der Waals surface area contributed by atoms with E-state index in [-0.39, 0.29) is 36.6 Å². The molecule has 2 N–H and O–H groups in total. The second-order valence-corrected chi connectivity index (χ2v) is 4.35. The van der Waals surface area contributed by atoms with Gasteiger partial charge in [-0.3, -0.25) is 4.90 Å². The molecule has 0 unspecified atom stereocenters. The summed E-state index contributed by atoms with van der Waals surface area (Å²) in [4.78, 5) is 2.09. The van der Waals surface area contributed by atoms with Crippen LogP contribution < -0.4 is 10.1 Å². The normalized spacial score (nSPS) is 17.6. The van der Waals surface area contributed by atoms with Crippen LogP contribution in [0.3, 0.4) is 0 Å². The van der Waals surface area contributed by atoms with Gasteiger partial charge in [-0.25, -0.2) is 4.39 Å². The zero-order chi connectivity index (χ0) is 13.0. The molecular weight excluding hydrogens is 271 g/mol. The van der Waals surface area contributed by atoms with E-state index >= 15 is 0 Å². The highest BCUT2D eigenvalue weighted by molar-refractivity contribution is 5.85. The van der Waals surface area contributed by atoms with Crippen LogP contribution in [0.4, 0.5) is 4.39 Å². The van der Waals surface area contributed by atoms with Crippen molar-refractivity contribution in [2.75, 3.05) is 39.9 Å². The number of aliphatic hydroxyl groups is 1. The summed E-state index contributed by atoms with van der Waals surface area (Å²) in [7, 11) is 1.45. The minimum absolute atomic E-state index is 0. The Morgan fingerprint density at radius 1 is 1.42 bits per heavy atom. The number of rotatable bonds is 4. The van der Waals surface area contributed by atoms with Gasteiger partial charge in [-0.15, -0.1) is 12.4 Å². The Balaban J connectivity index is 0.00000180. The highest BCUT2D eigenvalue weighted by atomic mass is 35.5. The Hall–Kier alpha value is -0.880. The third kappa shape index (κ3) is 3.57. The largest absolute Gasteiger partial charge is 0.494 e. The SMILES string of the molecule is COc1cccc([C@H](CO)N2CCNCC2)c1F.Cl. The van der Waals surface area contributed by atoms with Gasteiger partial charge in [0.05, 0.1) is 19.8 Å². The first kappa shape index (κ1) is 16.2. The molecule has 1 saturated heterocycles. The maximum Gasteiger partial charge on any atom is 0.169 e. The predicted molar refractivity (Wildman–Crippen MR) is 74.5 cm³/mol. The lowest BCUT2D eigenvalue weighted by atomic mass is 10.0. The van der Waals surface area contributed by atoms with E-state index in [1.165, 1.54) is 7.11 Å². The summed E-state index contributed by atoms with van der Waals surface area (Å²) in [6.45, 7) is 3.25. The maximum absolute atomic E-state index is 14.2. The van der Waals surface area contributed by atoms with Gasteiger partial charge in [0.15, 0.2) is 11.6 Å². The number of hydrogen-bond acceptors (Lipinski definition) is 4. The molecule has 1 heterocycles. The number of nitrogens with zero attached hydrogens (tertiary/aromatic N) is 1. The van der Waals surface area contributed by atoms with E-state index in [1.54, 1.807) is 18.2 Å². The van der Waals surface area contributed by atoms with Crippen molar-refractivity contribution in [3.05, 3.63) is 29.6 Å². The second-order valence-electron chi connectivity index (χ2n) is 4.35. The minimum atomic E-state index is -0.377. The van der Waals surface area contributed by atoms with Crippen LogP contribution >= 0.6 is 12.4 Å². The molecule has 108 valence electrons. The van der Waals surface area contributed by atoms with Crippen molar-refractivity contribution in [2.45, 2.75) is 6.04 Å². The molecule has 0 saturated carbocycles. The Kier molecular flexibility index (Phi) is 6.51. The Labute approximate surface area is 119 Å². The zero-order valence-corrected chi connectivity index (χ0v) is 11.8. The van der Waals surface area contributed by atoms with Gasteiger partial charge in [0.1, 0.15) is 0 Å². The van der Waals surface area contributed by atoms with Gasteiger partial charge < -0.3 is 15.2 Å². The van der Waals surface area contributed by atoms with E-state index < -0.39 is 0 Å². The van der Waals surface area contributed by atoms with Crippen LogP contribution in [0.2, 0.25) is 0 Å². The second kappa shape index (κ2) is 7.65. The molecule has 1 aliphatic heterocycles. The number of benzene rings is 1. The highest BCUT2D eigenvalue weighted by Crippen LogP contribution is 2.28. The summed E-state index contributed by atoms with van der Waals surface area (Å²) in [5, 5.41) is 12.8. The molecule has 0 bridgehead atoms. The number of aliphatic hydroxyl groups excluding tert-OH is 1. The molecule has 4 nitrogen and oxygen atoms in total. The van der Waals surface area contributed by atoms with Crippen LogP contribution in [0.5, 0.6) is 5.75 Å². The van der Waals surface area contributed by atoms with Crippen LogP contribution in [0, 0.1) is 5.82 Å². The van der Waals surface area contributed by atoms with Crippen LogP contribution in [-0.4, -0.2) is 49.9 Å². The summed E-state index contributed by atoms with van der Waals surface area (Å²) >= 11 is 0. The average Bonchev–Trinajstić information content (AvgIpc) is 2.43. The highest BCUT2D eigenvalue weighted by Gasteiger charge is 2.25. The van der Waals surface area contributed by atoms with Gasteiger partial charge in [0, 0.05) is 31.7 Å². The molecule has 1 fully saturated rings. The first-order chi connectivity index (χ1) is 8.77. The molecule has 0 radical (unpaired) electrons. The lowest BCUT2D eigenvalue weighted by Crippen LogP contribution is -2.46. The topological polar surface area (TPSA) is 44.7 Å². The predicted octanol–water partition coefficient (Wildman–Crippen LogP) is 1.19. The fraction of sp³-hybridized carbons (Fsp3) is 0.538. The van der Waals surface area contributed by atoms with E-state index in [0.29, 0.717) is 5.56 Å². The maximum atomic E-state index is 14.2. The molecule has 6 heteroatoms. The molecule has 0 amide bonds. The first-order valence-electron chi connectivity index (χ1n) is 6.16. The molecule has 1 aromatic carbocycles. The minimum Gasteiger partial charge on any atom is -0.494 e. The van der Waals surface area contributed by atoms with E-state index in [9.17, 15) is 9.50 Å². The van der Waals surface area contributed by atoms with E-state index in [4.69, 9.17) is 4.74 Å². The first-order valence-corrected chi connectivity index (χ1v) is 6.16. The van der Waals surface area contributed by atoms with Crippen molar-refractivity contribution in [3.63, 3.8) is 0 Å². The lowest BCUT2D eigenvalue weighted by Gasteiger charge is -2.34. The number of ether oxygens (including phenoxy) is 1. The van der Waals surface area contributed by atoms with Gasteiger partial charge in [-0.2, -0.15) is 0 Å². The third-order valence-corrected chi connectivity index (χ3v) is 3.34. The summed E-state index contributed by atoms with van der Waals surface area (Å²) in [6.07, 6.45) is 0. The zero-order valence-electron chi connectivity index (χ0n) is 10.9. The number of methoxy groups -OCH3 is 1. The molecule has 0 aliphatic carbocycles. The number of piperazine rings is 1. The Bertz CT molecular complexity index is 400. The van der Waals surface area contributed by atoms with Crippen molar-refractivity contribution in [3.8, 4) is 5.75 Å². The van der Waals surface area contributed by atoms with Crippen molar-refractivity contribution < 1.29 is 14.2 Å². The number of halogens is 2. The smallest absolute Gasteiger partial charge is 0.169 e. The molecule has 2 rings (SSSR count). The lowest BCUT2D eigenvalue weighted by molar-refractivity contribution is 0.108. The van der Waals surface area contributed by atoms with E-state index in [0.717, 1.165) is 26.2 Å². The van der Waals surface area contributed by atoms with Crippen LogP contribution in [0.25, 0.3) is 0 Å². The Morgan fingerprint density at radius 2 is 2.11 bits per heavy atom. The van der Waals surface area contributed by atoms with E-state index in [1.807, 2.05) is 0 Å². The number of hydrogen-bond donors (Lipinski definition) is 2. The summed E-state index contributed by atoms with van der Waals surface area (Å²) in [5.41, 5.74) is 0.499. The molecule has 1 aliphatic rings. The monoisotopic (exact) mass is 290 g/mol. The van der Waals surface area contributed by atoms with Crippen LogP contribution in [-0.2, 0) is 0 Å². The molecule has 1 atom stereocenters. The molecule has 19 heavy (non-hydrogen) atoms. The van der Waals surface area contributed by atoms with Gasteiger partial charge >= 0.3 is 0 Å². The molecule has 1 aromatic rings. The number of nitrogens with one attached hydrogen (secondary N) is 1. The van der Waals surface area contributed by atoms with Crippen molar-refractivity contribution in [1.29, 1.82) is 0 Å². The summed E-state index contributed by atoms with van der Waals surface area (Å²) < 4.78 is 19.2. The van der Waals surface area contributed by atoms with Crippen molar-refractivity contribution in [2.24, 2.45) is 0 Å². The standard InChI is InChI=1S/C13H19FN2O2.ClH/c1-18-12-4-2-3-10(13(12)14)11(9-17)16-7-5-15-6-8-16;/h2-4,11,15,17H,5-9H2,1H3;1H/t11-;/m0./s1. The van der Waals surface area contributed by atoms with Gasteiger partial charge in [-0.1, -0.05) is 12.1 Å². The fourth-order valence-electron chi connectivity index (χ4n) is 2.35. The van der Waals surface area contributed by atoms with Gasteiger partial charge in [0.25, 0.3) is 0 Å². The van der Waals surface area contributed by atoms with Crippen molar-refractivity contribution in [1.82, 2.24) is 10.2 Å². The Morgan fingerprint density at radius 3 is 2.68 bits per heavy atom. The average molecular weight is 291 g/mol. The third-order valence-electron chi connectivity index (χ3n) is 3.34.